The van der Waals surface area contributed by atoms with Gasteiger partial charge in [-0.1, -0.05) is 6.07 Å². The van der Waals surface area contributed by atoms with Gasteiger partial charge in [-0.05, 0) is 30.3 Å². The van der Waals surface area contributed by atoms with E-state index in [4.69, 9.17) is 0 Å². The van der Waals surface area contributed by atoms with Crippen molar-refractivity contribution in [3.63, 3.8) is 0 Å². The average molecular weight is 423 g/mol. The van der Waals surface area contributed by atoms with Crippen LogP contribution in [-0.2, 0) is 31.2 Å². The summed E-state index contributed by atoms with van der Waals surface area (Å²) < 4.78 is 24.0. The van der Waals surface area contributed by atoms with Crippen LogP contribution >= 0.6 is 0 Å². The number of nitro benzene ring substituents is 1. The Morgan fingerprint density at radius 2 is 1.71 bits per heavy atom. The fourth-order valence-corrected chi connectivity index (χ4v) is 3.87. The summed E-state index contributed by atoms with van der Waals surface area (Å²) in [5.41, 5.74) is 0.399. The van der Waals surface area contributed by atoms with Crippen molar-refractivity contribution in [3.8, 4) is 0 Å². The van der Waals surface area contributed by atoms with Crippen LogP contribution in [-0.4, -0.2) is 37.2 Å². The zero-order valence-corrected chi connectivity index (χ0v) is 16.6. The molecule has 2 aromatic carbocycles. The Morgan fingerprint density at radius 1 is 1.07 bits per heavy atom. The highest BCUT2D eigenvalue weighted by Crippen LogP contribution is 2.25. The quantitative estimate of drug-likeness (QED) is 0.517. The second kappa shape index (κ2) is 9.33. The summed E-state index contributed by atoms with van der Waals surface area (Å²) in [5, 5.41) is 16.3. The molecular formula is C17H17N3O6S2. The number of nitro groups is 1. The predicted molar refractivity (Wildman–Crippen MR) is 106 cm³/mol. The first-order valence-corrected chi connectivity index (χ1v) is 10.7. The van der Waals surface area contributed by atoms with Crippen LogP contribution in [0, 0.1) is 10.1 Å². The summed E-state index contributed by atoms with van der Waals surface area (Å²) in [5.74, 6) is -1.39. The van der Waals surface area contributed by atoms with Gasteiger partial charge in [-0.15, -0.1) is 0 Å². The average Bonchev–Trinajstić information content (AvgIpc) is 2.60. The van der Waals surface area contributed by atoms with Crippen LogP contribution in [0.15, 0.2) is 52.3 Å². The fraction of sp³-hybridized carbons (Fsp3) is 0.176. The molecule has 0 aromatic heterocycles. The minimum absolute atomic E-state index is 0.124. The molecule has 2 amide bonds. The van der Waals surface area contributed by atoms with Crippen LogP contribution in [0.2, 0.25) is 0 Å². The molecule has 2 rings (SSSR count). The normalized spacial score (nSPS) is 12.6. The molecule has 9 nitrogen and oxygen atoms in total. The maximum Gasteiger partial charge on any atom is 0.286 e. The molecule has 28 heavy (non-hydrogen) atoms. The van der Waals surface area contributed by atoms with Crippen LogP contribution in [0.1, 0.15) is 6.92 Å². The number of hydrogen-bond donors (Lipinski definition) is 2. The van der Waals surface area contributed by atoms with Crippen molar-refractivity contribution in [1.29, 1.82) is 0 Å². The van der Waals surface area contributed by atoms with Crippen molar-refractivity contribution < 1.29 is 22.9 Å². The lowest BCUT2D eigenvalue weighted by Gasteiger charge is -2.08. The highest BCUT2D eigenvalue weighted by molar-refractivity contribution is 7.86. The van der Waals surface area contributed by atoms with Gasteiger partial charge in [0, 0.05) is 35.5 Å². The number of hydrogen-bond acceptors (Lipinski definition) is 6. The smallest absolute Gasteiger partial charge is 0.286 e. The van der Waals surface area contributed by atoms with Crippen molar-refractivity contribution >= 4 is 50.5 Å². The summed E-state index contributed by atoms with van der Waals surface area (Å²) in [4.78, 5) is 33.9. The second-order valence-electron chi connectivity index (χ2n) is 5.64. The monoisotopic (exact) mass is 423 g/mol. The van der Waals surface area contributed by atoms with Gasteiger partial charge in [0.05, 0.1) is 26.5 Å². The van der Waals surface area contributed by atoms with E-state index >= 15 is 0 Å². The molecule has 0 aliphatic heterocycles. The third-order valence-electron chi connectivity index (χ3n) is 3.43. The van der Waals surface area contributed by atoms with Gasteiger partial charge >= 0.3 is 0 Å². The number of benzene rings is 2. The van der Waals surface area contributed by atoms with Crippen molar-refractivity contribution in [2.45, 2.75) is 16.7 Å². The molecule has 2 aromatic rings. The number of anilines is 2. The number of carbonyl (C=O) groups is 2. The van der Waals surface area contributed by atoms with Crippen LogP contribution in [0.25, 0.3) is 0 Å². The molecule has 0 radical (unpaired) electrons. The van der Waals surface area contributed by atoms with E-state index in [0.29, 0.717) is 11.4 Å². The number of rotatable bonds is 7. The molecule has 2 unspecified atom stereocenters. The Morgan fingerprint density at radius 3 is 2.29 bits per heavy atom. The molecule has 0 bridgehead atoms. The van der Waals surface area contributed by atoms with E-state index in [-0.39, 0.29) is 15.7 Å². The second-order valence-corrected chi connectivity index (χ2v) is 8.44. The van der Waals surface area contributed by atoms with Crippen LogP contribution < -0.4 is 10.6 Å². The molecule has 2 atom stereocenters. The van der Waals surface area contributed by atoms with E-state index in [2.05, 4.69) is 10.6 Å². The SMILES string of the molecule is CC(=O)Nc1cccc(NC(=O)CS(=O)c2ccc(S(C)=O)cc2[N+](=O)[O-])c1. The molecule has 148 valence electrons. The van der Waals surface area contributed by atoms with Crippen molar-refractivity contribution in [2.75, 3.05) is 22.6 Å². The molecule has 0 aliphatic carbocycles. The van der Waals surface area contributed by atoms with E-state index in [1.807, 2.05) is 0 Å². The van der Waals surface area contributed by atoms with E-state index in [9.17, 15) is 28.1 Å². The maximum absolute atomic E-state index is 12.5. The first-order chi connectivity index (χ1) is 13.2. The molecule has 2 N–H and O–H groups in total. The van der Waals surface area contributed by atoms with Gasteiger partial charge in [-0.3, -0.25) is 28.1 Å². The van der Waals surface area contributed by atoms with Gasteiger partial charge in [0.2, 0.25) is 11.8 Å². The summed E-state index contributed by atoms with van der Waals surface area (Å²) in [6, 6.07) is 10.1. The number of amides is 2. The van der Waals surface area contributed by atoms with Gasteiger partial charge in [-0.25, -0.2) is 0 Å². The predicted octanol–water partition coefficient (Wildman–Crippen LogP) is 2.04. The summed E-state index contributed by atoms with van der Waals surface area (Å²) >= 11 is 0. The van der Waals surface area contributed by atoms with Gasteiger partial charge in [0.25, 0.3) is 5.69 Å². The van der Waals surface area contributed by atoms with E-state index in [0.717, 1.165) is 6.07 Å². The lowest BCUT2D eigenvalue weighted by molar-refractivity contribution is -0.388. The highest BCUT2D eigenvalue weighted by atomic mass is 32.2. The summed E-state index contributed by atoms with van der Waals surface area (Å²) in [6.07, 6.45) is 1.37. The zero-order valence-electron chi connectivity index (χ0n) is 15.0. The number of nitrogens with zero attached hydrogens (tertiary/aromatic N) is 1. The molecular weight excluding hydrogens is 406 g/mol. The third-order valence-corrected chi connectivity index (χ3v) is 5.71. The maximum atomic E-state index is 12.5. The van der Waals surface area contributed by atoms with Crippen LogP contribution in [0.3, 0.4) is 0 Å². The third kappa shape index (κ3) is 5.79. The summed E-state index contributed by atoms with van der Waals surface area (Å²) in [6.45, 7) is 1.35. The van der Waals surface area contributed by atoms with Crippen LogP contribution in [0.4, 0.5) is 17.1 Å². The molecule has 0 saturated heterocycles. The fourth-order valence-electron chi connectivity index (χ4n) is 2.28. The van der Waals surface area contributed by atoms with E-state index in [1.54, 1.807) is 18.2 Å². The Kier molecular flexibility index (Phi) is 7.12. The van der Waals surface area contributed by atoms with Gasteiger partial charge in [0.15, 0.2) is 0 Å². The highest BCUT2D eigenvalue weighted by Gasteiger charge is 2.22. The largest absolute Gasteiger partial charge is 0.326 e. The number of carbonyl (C=O) groups excluding carboxylic acids is 2. The molecule has 0 fully saturated rings. The van der Waals surface area contributed by atoms with E-state index < -0.39 is 43.9 Å². The van der Waals surface area contributed by atoms with Gasteiger partial charge < -0.3 is 10.6 Å². The van der Waals surface area contributed by atoms with E-state index in [1.165, 1.54) is 31.4 Å². The lowest BCUT2D eigenvalue weighted by Crippen LogP contribution is -2.20. The Bertz CT molecular complexity index is 993. The lowest BCUT2D eigenvalue weighted by atomic mass is 10.2. The summed E-state index contributed by atoms with van der Waals surface area (Å²) in [7, 11) is -3.41. The topological polar surface area (TPSA) is 135 Å². The standard InChI is InChI=1S/C17H17N3O6S2/c1-11(21)18-12-4-3-5-13(8-12)19-17(22)10-28(26)16-7-6-14(27(2)25)9-15(16)20(23)24/h3-9H,10H2,1-2H3,(H,18,21)(H,19,22). The zero-order chi connectivity index (χ0) is 20.8. The number of nitrogens with one attached hydrogen (secondary N) is 2. The minimum atomic E-state index is -1.98. The van der Waals surface area contributed by atoms with Gasteiger partial charge in [0.1, 0.15) is 10.6 Å². The Labute approximate surface area is 165 Å². The minimum Gasteiger partial charge on any atom is -0.326 e. The van der Waals surface area contributed by atoms with Crippen LogP contribution in [0.5, 0.6) is 0 Å². The Hall–Kier alpha value is -2.92. The van der Waals surface area contributed by atoms with Crippen molar-refractivity contribution in [1.82, 2.24) is 0 Å². The molecule has 0 heterocycles. The Balaban J connectivity index is 2.14. The van der Waals surface area contributed by atoms with Gasteiger partial charge in [-0.2, -0.15) is 0 Å². The molecule has 0 saturated carbocycles. The first-order valence-electron chi connectivity index (χ1n) is 7.85. The molecule has 0 aliphatic rings. The molecule has 11 heteroatoms. The molecule has 0 spiro atoms. The first kappa shape index (κ1) is 21.4. The van der Waals surface area contributed by atoms with Crippen molar-refractivity contribution in [3.05, 3.63) is 52.6 Å². The van der Waals surface area contributed by atoms with Crippen molar-refractivity contribution in [2.24, 2.45) is 0 Å².